The predicted molar refractivity (Wildman–Crippen MR) is 296 cm³/mol. The number of unbranched alkanes of at least 4 members (excludes halogenated alkanes) is 41. The molecule has 1 amide bonds. The third-order valence-corrected chi connectivity index (χ3v) is 13.9. The van der Waals surface area contributed by atoms with Crippen LogP contribution in [0.3, 0.4) is 0 Å². The minimum Gasteiger partial charge on any atom is -0.466 e. The summed E-state index contributed by atoms with van der Waals surface area (Å²) in [6.07, 6.45) is 71.7. The second-order valence-corrected chi connectivity index (χ2v) is 20.7. The molecule has 3 N–H and O–H groups in total. The molecule has 2 atom stereocenters. The summed E-state index contributed by atoms with van der Waals surface area (Å²) in [5.74, 6) is -0.107. The van der Waals surface area contributed by atoms with E-state index >= 15 is 0 Å². The van der Waals surface area contributed by atoms with Gasteiger partial charge in [-0.05, 0) is 64.2 Å². The van der Waals surface area contributed by atoms with E-state index < -0.39 is 12.1 Å². The lowest BCUT2D eigenvalue weighted by atomic mass is 10.0. The molecule has 6 nitrogen and oxygen atoms in total. The summed E-state index contributed by atoms with van der Waals surface area (Å²) in [4.78, 5) is 24.6. The van der Waals surface area contributed by atoms with Crippen LogP contribution >= 0.6 is 0 Å². The highest BCUT2D eigenvalue weighted by Gasteiger charge is 2.18. The molecule has 400 valence electrons. The van der Waals surface area contributed by atoms with E-state index in [1.54, 1.807) is 6.08 Å². The van der Waals surface area contributed by atoms with Gasteiger partial charge in [0.1, 0.15) is 0 Å². The van der Waals surface area contributed by atoms with Gasteiger partial charge in [0.2, 0.25) is 5.91 Å². The Kier molecular flexibility index (Phi) is 56.0. The van der Waals surface area contributed by atoms with E-state index in [0.29, 0.717) is 19.4 Å². The molecule has 0 spiro atoms. The van der Waals surface area contributed by atoms with E-state index in [1.807, 2.05) is 6.08 Å². The number of rotatable bonds is 56. The molecule has 0 aliphatic carbocycles. The number of carbonyl (C=O) groups excluding carboxylic acids is 2. The maximum absolute atomic E-state index is 12.5. The van der Waals surface area contributed by atoms with Crippen molar-refractivity contribution in [2.24, 2.45) is 0 Å². The van der Waals surface area contributed by atoms with Gasteiger partial charge in [-0.25, -0.2) is 0 Å². The first-order valence-electron chi connectivity index (χ1n) is 30.3. The normalized spacial score (nSPS) is 12.8. The highest BCUT2D eigenvalue weighted by atomic mass is 16.5. The topological polar surface area (TPSA) is 95.9 Å². The molecule has 0 aromatic heterocycles. The lowest BCUT2D eigenvalue weighted by Crippen LogP contribution is -2.45. The highest BCUT2D eigenvalue weighted by Crippen LogP contribution is 2.17. The van der Waals surface area contributed by atoms with Gasteiger partial charge in [-0.15, -0.1) is 0 Å². The van der Waals surface area contributed by atoms with E-state index in [2.05, 4.69) is 43.5 Å². The first-order chi connectivity index (χ1) is 33.5. The van der Waals surface area contributed by atoms with Crippen molar-refractivity contribution in [1.82, 2.24) is 5.32 Å². The molecule has 0 aliphatic rings. The van der Waals surface area contributed by atoms with Gasteiger partial charge in [-0.2, -0.15) is 0 Å². The van der Waals surface area contributed by atoms with Gasteiger partial charge < -0.3 is 20.3 Å². The fourth-order valence-corrected chi connectivity index (χ4v) is 9.25. The molecule has 0 aliphatic heterocycles. The van der Waals surface area contributed by atoms with Crippen molar-refractivity contribution in [2.75, 3.05) is 13.2 Å². The Bertz CT molecular complexity index is 1100. The number of ether oxygens (including phenoxy) is 1. The lowest BCUT2D eigenvalue weighted by molar-refractivity contribution is -0.143. The van der Waals surface area contributed by atoms with E-state index in [9.17, 15) is 19.8 Å². The van der Waals surface area contributed by atoms with Gasteiger partial charge >= 0.3 is 5.97 Å². The van der Waals surface area contributed by atoms with E-state index in [4.69, 9.17) is 4.74 Å². The quantitative estimate of drug-likeness (QED) is 0.0321. The SMILES string of the molecule is CCCCCC/C=C\C/C=C\CCCCCCCCCC(=O)OCCCCCCCCCCCCCC(=O)NC(CO)C(O)/C=C/CCCCCCCCCCCCCCCCCCCCCC. The van der Waals surface area contributed by atoms with Crippen LogP contribution < -0.4 is 5.32 Å². The number of aliphatic hydroxyl groups is 2. The summed E-state index contributed by atoms with van der Waals surface area (Å²) < 4.78 is 5.47. The highest BCUT2D eigenvalue weighted by molar-refractivity contribution is 5.76. The first kappa shape index (κ1) is 66.1. The van der Waals surface area contributed by atoms with E-state index in [1.165, 1.54) is 231 Å². The lowest BCUT2D eigenvalue weighted by Gasteiger charge is -2.20. The summed E-state index contributed by atoms with van der Waals surface area (Å²) in [7, 11) is 0. The molecule has 0 saturated heterocycles. The van der Waals surface area contributed by atoms with Crippen molar-refractivity contribution in [2.45, 2.75) is 334 Å². The number of esters is 1. The number of hydrogen-bond donors (Lipinski definition) is 3. The molecule has 0 aromatic rings. The molecular weight excluding hydrogens is 839 g/mol. The Labute approximate surface area is 424 Å². The Morgan fingerprint density at radius 1 is 0.412 bits per heavy atom. The number of carbonyl (C=O) groups is 2. The number of allylic oxidation sites excluding steroid dienone is 5. The summed E-state index contributed by atoms with van der Waals surface area (Å²) in [5, 5.41) is 23.2. The van der Waals surface area contributed by atoms with Gasteiger partial charge in [0.25, 0.3) is 0 Å². The molecule has 2 unspecified atom stereocenters. The molecule has 0 rings (SSSR count). The fraction of sp³-hybridized carbons (Fsp3) is 0.871. The van der Waals surface area contributed by atoms with Crippen LogP contribution in [0.15, 0.2) is 36.5 Å². The van der Waals surface area contributed by atoms with Crippen molar-refractivity contribution >= 4 is 11.9 Å². The van der Waals surface area contributed by atoms with Crippen LogP contribution in [-0.4, -0.2) is 47.4 Å². The van der Waals surface area contributed by atoms with Crippen LogP contribution in [0.2, 0.25) is 0 Å². The standard InChI is InChI=1S/C62H117NO5/c1-3-5-7-9-11-13-15-17-19-21-23-24-25-26-27-29-31-34-38-42-46-50-54-60(65)59(58-64)63-61(66)55-51-47-43-39-35-33-37-41-45-49-53-57-68-62(67)56-52-48-44-40-36-32-30-28-22-20-18-16-14-12-10-8-6-4-2/h14,16,20,22,50,54,59-60,64-65H,3-13,15,17-19,21,23-49,51-53,55-58H2,1-2H3,(H,63,66)/b16-14-,22-20-,54-50+. The zero-order valence-electron chi connectivity index (χ0n) is 45.6. The zero-order valence-corrected chi connectivity index (χ0v) is 45.6. The second-order valence-electron chi connectivity index (χ2n) is 20.7. The Morgan fingerprint density at radius 3 is 1.13 bits per heavy atom. The smallest absolute Gasteiger partial charge is 0.305 e. The second kappa shape index (κ2) is 57.7. The van der Waals surface area contributed by atoms with Crippen LogP contribution in [-0.2, 0) is 14.3 Å². The molecule has 0 saturated carbocycles. The van der Waals surface area contributed by atoms with Crippen LogP contribution in [0.25, 0.3) is 0 Å². The molecule has 0 fully saturated rings. The van der Waals surface area contributed by atoms with Crippen molar-refractivity contribution in [3.8, 4) is 0 Å². The average molecular weight is 957 g/mol. The van der Waals surface area contributed by atoms with Crippen molar-refractivity contribution < 1.29 is 24.5 Å². The van der Waals surface area contributed by atoms with Crippen molar-refractivity contribution in [3.63, 3.8) is 0 Å². The summed E-state index contributed by atoms with van der Waals surface area (Å²) >= 11 is 0. The Balaban J connectivity index is 3.49. The minimum absolute atomic E-state index is 0.0222. The number of aliphatic hydroxyl groups excluding tert-OH is 2. The molecule has 0 heterocycles. The summed E-state index contributed by atoms with van der Waals surface area (Å²) in [6, 6.07) is -0.644. The third-order valence-electron chi connectivity index (χ3n) is 13.9. The average Bonchev–Trinajstić information content (AvgIpc) is 3.34. The molecule has 68 heavy (non-hydrogen) atoms. The van der Waals surface area contributed by atoms with Crippen molar-refractivity contribution in [3.05, 3.63) is 36.5 Å². The Hall–Kier alpha value is -1.92. The molecule has 0 bridgehead atoms. The van der Waals surface area contributed by atoms with Gasteiger partial charge in [0, 0.05) is 12.8 Å². The van der Waals surface area contributed by atoms with E-state index in [0.717, 1.165) is 64.2 Å². The van der Waals surface area contributed by atoms with Gasteiger partial charge in [-0.1, -0.05) is 281 Å². The number of amides is 1. The van der Waals surface area contributed by atoms with Crippen LogP contribution in [0.1, 0.15) is 322 Å². The molecule has 0 radical (unpaired) electrons. The van der Waals surface area contributed by atoms with Crippen LogP contribution in [0.4, 0.5) is 0 Å². The maximum Gasteiger partial charge on any atom is 0.305 e. The summed E-state index contributed by atoms with van der Waals surface area (Å²) in [5.41, 5.74) is 0. The Morgan fingerprint density at radius 2 is 0.735 bits per heavy atom. The van der Waals surface area contributed by atoms with E-state index in [-0.39, 0.29) is 18.5 Å². The van der Waals surface area contributed by atoms with Crippen molar-refractivity contribution in [1.29, 1.82) is 0 Å². The van der Waals surface area contributed by atoms with Gasteiger partial charge in [0.05, 0.1) is 25.4 Å². The molecule has 6 heteroatoms. The van der Waals surface area contributed by atoms with Crippen LogP contribution in [0, 0.1) is 0 Å². The number of nitrogens with one attached hydrogen (secondary N) is 1. The zero-order chi connectivity index (χ0) is 49.3. The number of hydrogen-bond acceptors (Lipinski definition) is 5. The van der Waals surface area contributed by atoms with Gasteiger partial charge in [0.15, 0.2) is 0 Å². The van der Waals surface area contributed by atoms with Gasteiger partial charge in [-0.3, -0.25) is 9.59 Å². The summed E-state index contributed by atoms with van der Waals surface area (Å²) in [6.45, 7) is 4.86. The van der Waals surface area contributed by atoms with Crippen LogP contribution in [0.5, 0.6) is 0 Å². The molecule has 0 aromatic carbocycles. The predicted octanol–water partition coefficient (Wildman–Crippen LogP) is 18.8. The largest absolute Gasteiger partial charge is 0.466 e. The molecular formula is C62H117NO5. The fourth-order valence-electron chi connectivity index (χ4n) is 9.25. The monoisotopic (exact) mass is 956 g/mol. The minimum atomic E-state index is -0.859. The first-order valence-corrected chi connectivity index (χ1v) is 30.3. The maximum atomic E-state index is 12.5. The third kappa shape index (κ3) is 53.4.